The topological polar surface area (TPSA) is 50.7 Å². The molecule has 4 nitrogen and oxygen atoms in total. The Bertz CT molecular complexity index is 485. The van der Waals surface area contributed by atoms with Crippen LogP contribution < -0.4 is 5.32 Å². The summed E-state index contributed by atoms with van der Waals surface area (Å²) < 4.78 is 0. The molecule has 0 atom stereocenters. The highest BCUT2D eigenvalue weighted by Gasteiger charge is 2.02. The van der Waals surface area contributed by atoms with Gasteiger partial charge in [-0.2, -0.15) is 0 Å². The Morgan fingerprint density at radius 2 is 1.95 bits per heavy atom. The van der Waals surface area contributed by atoms with Crippen molar-refractivity contribution in [1.29, 1.82) is 0 Å². The average molecular weight is 274 g/mol. The van der Waals surface area contributed by atoms with Crippen LogP contribution in [0.3, 0.4) is 0 Å². The van der Waals surface area contributed by atoms with E-state index < -0.39 is 0 Å². The van der Waals surface area contributed by atoms with Gasteiger partial charge in [0.1, 0.15) is 5.03 Å². The number of hydrogen-bond donors (Lipinski definition) is 1. The molecule has 0 saturated carbocycles. The van der Waals surface area contributed by atoms with Crippen LogP contribution in [0.1, 0.15) is 19.4 Å². The van der Waals surface area contributed by atoms with Crippen LogP contribution in [-0.4, -0.2) is 21.5 Å². The van der Waals surface area contributed by atoms with Crippen molar-refractivity contribution in [2.24, 2.45) is 5.92 Å². The van der Waals surface area contributed by atoms with Gasteiger partial charge in [0.2, 0.25) is 0 Å². The number of hydrogen-bond acceptors (Lipinski definition) is 5. The molecule has 0 aliphatic rings. The zero-order valence-electron chi connectivity index (χ0n) is 11.2. The third kappa shape index (κ3) is 4.96. The fraction of sp³-hybridized carbons (Fsp3) is 0.357. The minimum Gasteiger partial charge on any atom is -0.312 e. The maximum atomic E-state index is 4.34. The van der Waals surface area contributed by atoms with Crippen molar-refractivity contribution in [2.45, 2.75) is 30.6 Å². The molecule has 0 amide bonds. The minimum absolute atomic E-state index is 0.653. The van der Waals surface area contributed by atoms with Gasteiger partial charge in [0.25, 0.3) is 0 Å². The van der Waals surface area contributed by atoms with Gasteiger partial charge in [0.05, 0.1) is 0 Å². The van der Waals surface area contributed by atoms with Gasteiger partial charge in [0.15, 0.2) is 5.16 Å². The number of rotatable bonds is 6. The molecule has 2 aromatic rings. The summed E-state index contributed by atoms with van der Waals surface area (Å²) in [5.41, 5.74) is 1.10. The molecule has 0 aliphatic heterocycles. The summed E-state index contributed by atoms with van der Waals surface area (Å²) in [6.07, 6.45) is 5.50. The van der Waals surface area contributed by atoms with Gasteiger partial charge in [-0.3, -0.25) is 0 Å². The van der Waals surface area contributed by atoms with Crippen molar-refractivity contribution >= 4 is 11.8 Å². The van der Waals surface area contributed by atoms with Gasteiger partial charge < -0.3 is 5.32 Å². The second-order valence-corrected chi connectivity index (χ2v) is 5.66. The van der Waals surface area contributed by atoms with E-state index in [0.29, 0.717) is 5.92 Å². The van der Waals surface area contributed by atoms with E-state index in [2.05, 4.69) is 34.1 Å². The maximum absolute atomic E-state index is 4.34. The Morgan fingerprint density at radius 1 is 1.16 bits per heavy atom. The monoisotopic (exact) mass is 274 g/mol. The molecule has 2 aromatic heterocycles. The smallest absolute Gasteiger partial charge is 0.193 e. The van der Waals surface area contributed by atoms with Crippen LogP contribution in [-0.2, 0) is 6.54 Å². The second-order valence-electron chi connectivity index (χ2n) is 4.67. The van der Waals surface area contributed by atoms with Crippen LogP contribution in [0.2, 0.25) is 0 Å². The van der Waals surface area contributed by atoms with Crippen molar-refractivity contribution in [3.05, 3.63) is 42.4 Å². The first-order chi connectivity index (χ1) is 9.24. The Balaban J connectivity index is 1.88. The van der Waals surface area contributed by atoms with Crippen LogP contribution in [0.25, 0.3) is 0 Å². The highest BCUT2D eigenvalue weighted by atomic mass is 32.2. The Kier molecular flexibility index (Phi) is 5.30. The van der Waals surface area contributed by atoms with Crippen molar-refractivity contribution in [1.82, 2.24) is 20.3 Å². The predicted molar refractivity (Wildman–Crippen MR) is 76.9 cm³/mol. The quantitative estimate of drug-likeness (QED) is 0.821. The Morgan fingerprint density at radius 3 is 2.58 bits per heavy atom. The third-order valence-electron chi connectivity index (χ3n) is 2.40. The van der Waals surface area contributed by atoms with Crippen molar-refractivity contribution in [3.63, 3.8) is 0 Å². The lowest BCUT2D eigenvalue weighted by atomic mass is 10.2. The summed E-state index contributed by atoms with van der Waals surface area (Å²) in [5, 5.41) is 5.01. The normalized spacial score (nSPS) is 10.9. The predicted octanol–water partition coefficient (Wildman–Crippen LogP) is 2.77. The zero-order valence-corrected chi connectivity index (χ0v) is 12.0. The first-order valence-corrected chi connectivity index (χ1v) is 7.16. The van der Waals surface area contributed by atoms with Gasteiger partial charge in [-0.05, 0) is 36.4 Å². The summed E-state index contributed by atoms with van der Waals surface area (Å²) in [4.78, 5) is 12.9. The lowest BCUT2D eigenvalue weighted by Crippen LogP contribution is -2.19. The molecule has 5 heteroatoms. The lowest BCUT2D eigenvalue weighted by molar-refractivity contribution is 0.550. The standard InChI is InChI=1S/C14H18N4S/c1-11(2)7-15-8-12-9-17-14(18-10-12)19-13-5-3-4-6-16-13/h3-6,9-11,15H,7-8H2,1-2H3. The summed E-state index contributed by atoms with van der Waals surface area (Å²) >= 11 is 1.47. The second kappa shape index (κ2) is 7.21. The molecular formula is C14H18N4S. The minimum atomic E-state index is 0.653. The van der Waals surface area contributed by atoms with Crippen molar-refractivity contribution in [3.8, 4) is 0 Å². The molecule has 2 rings (SSSR count). The highest BCUT2D eigenvalue weighted by Crippen LogP contribution is 2.21. The molecule has 0 fully saturated rings. The van der Waals surface area contributed by atoms with Gasteiger partial charge in [-0.25, -0.2) is 15.0 Å². The van der Waals surface area contributed by atoms with Crippen LogP contribution in [0.15, 0.2) is 47.0 Å². The van der Waals surface area contributed by atoms with Gasteiger partial charge in [0, 0.05) is 30.7 Å². The van der Waals surface area contributed by atoms with E-state index in [1.807, 2.05) is 30.6 Å². The van der Waals surface area contributed by atoms with Crippen LogP contribution in [0.5, 0.6) is 0 Å². The maximum Gasteiger partial charge on any atom is 0.193 e. The molecule has 0 radical (unpaired) electrons. The molecule has 1 N–H and O–H groups in total. The number of pyridine rings is 1. The first kappa shape index (κ1) is 14.0. The number of aromatic nitrogens is 3. The SMILES string of the molecule is CC(C)CNCc1cnc(Sc2ccccn2)nc1. The van der Waals surface area contributed by atoms with E-state index in [0.717, 1.165) is 28.8 Å². The lowest BCUT2D eigenvalue weighted by Gasteiger charge is -2.07. The molecule has 0 aromatic carbocycles. The zero-order chi connectivity index (χ0) is 13.5. The van der Waals surface area contributed by atoms with Gasteiger partial charge in [-0.15, -0.1) is 0 Å². The van der Waals surface area contributed by atoms with E-state index in [9.17, 15) is 0 Å². The molecule has 0 saturated heterocycles. The van der Waals surface area contributed by atoms with Crippen molar-refractivity contribution in [2.75, 3.05) is 6.54 Å². The van der Waals surface area contributed by atoms with E-state index in [1.165, 1.54) is 11.8 Å². The fourth-order valence-electron chi connectivity index (χ4n) is 1.49. The molecule has 100 valence electrons. The van der Waals surface area contributed by atoms with Gasteiger partial charge >= 0.3 is 0 Å². The molecule has 0 spiro atoms. The molecule has 19 heavy (non-hydrogen) atoms. The van der Waals surface area contributed by atoms with Crippen molar-refractivity contribution < 1.29 is 0 Å². The summed E-state index contributed by atoms with van der Waals surface area (Å²) in [7, 11) is 0. The third-order valence-corrected chi connectivity index (χ3v) is 3.24. The summed E-state index contributed by atoms with van der Waals surface area (Å²) in [5.74, 6) is 0.653. The number of nitrogens with one attached hydrogen (secondary N) is 1. The van der Waals surface area contributed by atoms with Gasteiger partial charge in [-0.1, -0.05) is 19.9 Å². The summed E-state index contributed by atoms with van der Waals surface area (Å²) in [6.45, 7) is 6.20. The largest absolute Gasteiger partial charge is 0.312 e. The van der Waals surface area contributed by atoms with Crippen LogP contribution >= 0.6 is 11.8 Å². The molecule has 0 unspecified atom stereocenters. The first-order valence-electron chi connectivity index (χ1n) is 6.34. The van der Waals surface area contributed by atoms with Crippen LogP contribution in [0.4, 0.5) is 0 Å². The van der Waals surface area contributed by atoms with E-state index in [-0.39, 0.29) is 0 Å². The van der Waals surface area contributed by atoms with Crippen LogP contribution in [0, 0.1) is 5.92 Å². The molecule has 2 heterocycles. The molecule has 0 aliphatic carbocycles. The molecular weight excluding hydrogens is 256 g/mol. The van der Waals surface area contributed by atoms with E-state index >= 15 is 0 Å². The summed E-state index contributed by atoms with van der Waals surface area (Å²) in [6, 6.07) is 5.81. The van der Waals surface area contributed by atoms with E-state index in [4.69, 9.17) is 0 Å². The van der Waals surface area contributed by atoms with E-state index in [1.54, 1.807) is 6.20 Å². The Labute approximate surface area is 118 Å². The fourth-order valence-corrected chi connectivity index (χ4v) is 2.15. The Hall–Kier alpha value is -1.46. The average Bonchev–Trinajstić information content (AvgIpc) is 2.42. The molecule has 0 bridgehead atoms. The number of nitrogens with zero attached hydrogens (tertiary/aromatic N) is 3. The highest BCUT2D eigenvalue weighted by molar-refractivity contribution is 7.99.